The van der Waals surface area contributed by atoms with Crippen LogP contribution in [-0.2, 0) is 19.6 Å². The molecule has 0 amide bonds. The number of nitrogens with two attached hydrogens (primary N) is 1. The number of aliphatic hydroxyl groups is 1. The Bertz CT molecular complexity index is 632. The molecule has 0 saturated carbocycles. The minimum absolute atomic E-state index is 0.0456. The van der Waals surface area contributed by atoms with E-state index >= 15 is 0 Å². The second-order valence-corrected chi connectivity index (χ2v) is 5.17. The highest BCUT2D eigenvalue weighted by atomic mass is 19.4. The van der Waals surface area contributed by atoms with Gasteiger partial charge in [0, 0.05) is 20.0 Å². The molecule has 0 spiro atoms. The first kappa shape index (κ1) is 14.8. The predicted octanol–water partition coefficient (Wildman–Crippen LogP) is 1.84. The topological polar surface area (TPSA) is 64.1 Å². The SMILES string of the molecule is Cn1c(CC(C)(O)CN)nc2cc(C(F)(F)F)ccc21. The van der Waals surface area contributed by atoms with Crippen LogP contribution in [0.15, 0.2) is 18.2 Å². The van der Waals surface area contributed by atoms with Crippen LogP contribution in [0.2, 0.25) is 0 Å². The molecule has 0 fully saturated rings. The van der Waals surface area contributed by atoms with Gasteiger partial charge < -0.3 is 15.4 Å². The zero-order valence-electron chi connectivity index (χ0n) is 11.2. The molecule has 0 radical (unpaired) electrons. The second kappa shape index (κ2) is 4.75. The number of rotatable bonds is 3. The van der Waals surface area contributed by atoms with Crippen molar-refractivity contribution in [2.75, 3.05) is 6.54 Å². The molecule has 0 aliphatic heterocycles. The van der Waals surface area contributed by atoms with E-state index in [1.165, 1.54) is 6.07 Å². The first-order valence-electron chi connectivity index (χ1n) is 6.09. The van der Waals surface area contributed by atoms with Crippen LogP contribution in [0.4, 0.5) is 13.2 Å². The number of halogens is 3. The van der Waals surface area contributed by atoms with Crippen molar-refractivity contribution in [2.24, 2.45) is 12.8 Å². The fourth-order valence-corrected chi connectivity index (χ4v) is 2.00. The third-order valence-corrected chi connectivity index (χ3v) is 3.28. The summed E-state index contributed by atoms with van der Waals surface area (Å²) in [5.74, 6) is 0.495. The van der Waals surface area contributed by atoms with Crippen LogP contribution in [0.1, 0.15) is 18.3 Å². The third-order valence-electron chi connectivity index (χ3n) is 3.28. The van der Waals surface area contributed by atoms with Gasteiger partial charge in [-0.2, -0.15) is 13.2 Å². The van der Waals surface area contributed by atoms with Crippen LogP contribution in [0, 0.1) is 0 Å². The van der Waals surface area contributed by atoms with Crippen molar-refractivity contribution in [3.05, 3.63) is 29.6 Å². The molecule has 1 unspecified atom stereocenters. The molecular weight excluding hydrogens is 271 g/mol. The van der Waals surface area contributed by atoms with Crippen LogP contribution < -0.4 is 5.73 Å². The van der Waals surface area contributed by atoms with Gasteiger partial charge in [0.2, 0.25) is 0 Å². The fourth-order valence-electron chi connectivity index (χ4n) is 2.00. The minimum atomic E-state index is -4.39. The number of hydrogen-bond acceptors (Lipinski definition) is 3. The Morgan fingerprint density at radius 3 is 2.55 bits per heavy atom. The largest absolute Gasteiger partial charge is 0.416 e. The summed E-state index contributed by atoms with van der Waals surface area (Å²) in [6, 6.07) is 3.41. The Morgan fingerprint density at radius 2 is 2.00 bits per heavy atom. The van der Waals surface area contributed by atoms with Crippen molar-refractivity contribution in [3.8, 4) is 0 Å². The highest BCUT2D eigenvalue weighted by Crippen LogP contribution is 2.31. The standard InChI is InChI=1S/C13H16F3N3O/c1-12(20,7-17)6-11-18-9-5-8(13(14,15)16)3-4-10(9)19(11)2/h3-5,20H,6-7,17H2,1-2H3. The quantitative estimate of drug-likeness (QED) is 0.905. The summed E-state index contributed by atoms with van der Waals surface area (Å²) in [6.07, 6.45) is -4.22. The number of hydrogen-bond donors (Lipinski definition) is 2. The van der Waals surface area contributed by atoms with Crippen LogP contribution in [-0.4, -0.2) is 26.8 Å². The highest BCUT2D eigenvalue weighted by molar-refractivity contribution is 5.77. The van der Waals surface area contributed by atoms with Gasteiger partial charge in [0.25, 0.3) is 0 Å². The first-order chi connectivity index (χ1) is 9.14. The van der Waals surface area contributed by atoms with Crippen molar-refractivity contribution < 1.29 is 18.3 Å². The monoisotopic (exact) mass is 287 g/mol. The smallest absolute Gasteiger partial charge is 0.388 e. The molecule has 0 aliphatic rings. The van der Waals surface area contributed by atoms with Gasteiger partial charge in [-0.05, 0) is 25.1 Å². The van der Waals surface area contributed by atoms with Crippen molar-refractivity contribution in [2.45, 2.75) is 25.1 Å². The van der Waals surface area contributed by atoms with E-state index in [9.17, 15) is 18.3 Å². The zero-order chi connectivity index (χ0) is 15.1. The van der Waals surface area contributed by atoms with Gasteiger partial charge in [-0.25, -0.2) is 4.98 Å². The van der Waals surface area contributed by atoms with E-state index in [-0.39, 0.29) is 18.5 Å². The summed E-state index contributed by atoms with van der Waals surface area (Å²) < 4.78 is 39.6. The Hall–Kier alpha value is -1.60. The number of fused-ring (bicyclic) bond motifs is 1. The molecule has 1 heterocycles. The number of aryl methyl sites for hydroxylation is 1. The molecule has 2 rings (SSSR count). The molecule has 1 atom stereocenters. The van der Waals surface area contributed by atoms with Gasteiger partial charge in [0.15, 0.2) is 0 Å². The van der Waals surface area contributed by atoms with Crippen molar-refractivity contribution in [3.63, 3.8) is 0 Å². The molecule has 1 aromatic carbocycles. The summed E-state index contributed by atoms with van der Waals surface area (Å²) in [5.41, 5.74) is 4.41. The van der Waals surface area contributed by atoms with E-state index < -0.39 is 17.3 Å². The molecule has 110 valence electrons. The van der Waals surface area contributed by atoms with E-state index in [1.807, 2.05) is 0 Å². The van der Waals surface area contributed by atoms with Gasteiger partial charge in [-0.3, -0.25) is 0 Å². The molecule has 3 N–H and O–H groups in total. The molecule has 0 bridgehead atoms. The molecule has 4 nitrogen and oxygen atoms in total. The summed E-state index contributed by atoms with van der Waals surface area (Å²) in [6.45, 7) is 1.61. The van der Waals surface area contributed by atoms with Crippen LogP contribution >= 0.6 is 0 Å². The van der Waals surface area contributed by atoms with Gasteiger partial charge in [-0.15, -0.1) is 0 Å². The summed E-state index contributed by atoms with van der Waals surface area (Å²) in [5, 5.41) is 9.95. The first-order valence-corrected chi connectivity index (χ1v) is 6.09. The molecule has 0 saturated heterocycles. The van der Waals surface area contributed by atoms with Gasteiger partial charge in [-0.1, -0.05) is 0 Å². The molecule has 7 heteroatoms. The third kappa shape index (κ3) is 2.78. The van der Waals surface area contributed by atoms with E-state index in [1.54, 1.807) is 18.5 Å². The van der Waals surface area contributed by atoms with E-state index in [0.29, 0.717) is 11.3 Å². The lowest BCUT2D eigenvalue weighted by atomic mass is 10.0. The van der Waals surface area contributed by atoms with Crippen molar-refractivity contribution in [1.82, 2.24) is 9.55 Å². The maximum absolute atomic E-state index is 12.7. The van der Waals surface area contributed by atoms with E-state index in [0.717, 1.165) is 12.1 Å². The Morgan fingerprint density at radius 1 is 1.35 bits per heavy atom. The maximum atomic E-state index is 12.7. The Balaban J connectivity index is 2.47. The van der Waals surface area contributed by atoms with Crippen molar-refractivity contribution >= 4 is 11.0 Å². The Kier molecular flexibility index (Phi) is 3.51. The lowest BCUT2D eigenvalue weighted by molar-refractivity contribution is -0.137. The fraction of sp³-hybridized carbons (Fsp3) is 0.462. The normalized spacial score (nSPS) is 15.6. The Labute approximate surface area is 114 Å². The summed E-state index contributed by atoms with van der Waals surface area (Å²) >= 11 is 0. The summed E-state index contributed by atoms with van der Waals surface area (Å²) in [4.78, 5) is 4.17. The molecule has 1 aromatic heterocycles. The van der Waals surface area contributed by atoms with Gasteiger partial charge in [0.05, 0.1) is 22.2 Å². The van der Waals surface area contributed by atoms with Crippen LogP contribution in [0.25, 0.3) is 11.0 Å². The highest BCUT2D eigenvalue weighted by Gasteiger charge is 2.31. The van der Waals surface area contributed by atoms with E-state index in [4.69, 9.17) is 5.73 Å². The van der Waals surface area contributed by atoms with Gasteiger partial charge >= 0.3 is 6.18 Å². The summed E-state index contributed by atoms with van der Waals surface area (Å²) in [7, 11) is 1.70. The van der Waals surface area contributed by atoms with Crippen LogP contribution in [0.3, 0.4) is 0 Å². The van der Waals surface area contributed by atoms with Gasteiger partial charge in [0.1, 0.15) is 5.82 Å². The molecular formula is C13H16F3N3O. The number of alkyl halides is 3. The number of aromatic nitrogens is 2. The lowest BCUT2D eigenvalue weighted by Crippen LogP contribution is -2.37. The van der Waals surface area contributed by atoms with E-state index in [2.05, 4.69) is 4.98 Å². The average Bonchev–Trinajstić information content (AvgIpc) is 2.64. The molecule has 20 heavy (non-hydrogen) atoms. The molecule has 2 aromatic rings. The minimum Gasteiger partial charge on any atom is -0.388 e. The maximum Gasteiger partial charge on any atom is 0.416 e. The second-order valence-electron chi connectivity index (χ2n) is 5.17. The number of nitrogens with zero attached hydrogens (tertiary/aromatic N) is 2. The average molecular weight is 287 g/mol. The number of imidazole rings is 1. The zero-order valence-corrected chi connectivity index (χ0v) is 11.2. The lowest BCUT2D eigenvalue weighted by Gasteiger charge is -2.20. The molecule has 0 aliphatic carbocycles. The van der Waals surface area contributed by atoms with Crippen molar-refractivity contribution in [1.29, 1.82) is 0 Å². The number of benzene rings is 1. The predicted molar refractivity (Wildman–Crippen MR) is 69.1 cm³/mol. The van der Waals surface area contributed by atoms with Crippen LogP contribution in [0.5, 0.6) is 0 Å².